The lowest BCUT2D eigenvalue weighted by Crippen LogP contribution is -2.13. The quantitative estimate of drug-likeness (QED) is 0.414. The van der Waals surface area contributed by atoms with Crippen LogP contribution in [0.4, 0.5) is 5.00 Å². The number of thiophene rings is 1. The zero-order valence-electron chi connectivity index (χ0n) is 16.2. The Balaban J connectivity index is 1.83. The summed E-state index contributed by atoms with van der Waals surface area (Å²) in [4.78, 5) is 26.3. The van der Waals surface area contributed by atoms with Gasteiger partial charge in [0.1, 0.15) is 5.00 Å². The minimum absolute atomic E-state index is 0.300. The Morgan fingerprint density at radius 1 is 1.14 bits per heavy atom. The highest BCUT2D eigenvalue weighted by atomic mass is 35.5. The number of hydrogen-bond donors (Lipinski definition) is 1. The first-order valence-electron chi connectivity index (χ1n) is 9.75. The van der Waals surface area contributed by atoms with Gasteiger partial charge in [-0.1, -0.05) is 42.1 Å². The number of carbonyl (C=O) groups is 2. The molecule has 4 nitrogen and oxygen atoms in total. The van der Waals surface area contributed by atoms with Gasteiger partial charge in [-0.15, -0.1) is 11.3 Å². The molecule has 0 unspecified atom stereocenters. The second kappa shape index (κ2) is 10.3. The fraction of sp³-hybridized carbons (Fsp3) is 0.364. The standard InChI is InChI=1S/C22H23Cl2NO3S/c1-2-28-22(27)20-15-7-5-3-4-6-8-18(15)29-21(20)25-19(26)12-10-14-9-11-16(23)17(24)13-14/h9-13H,2-8H2,1H3,(H,25,26). The van der Waals surface area contributed by atoms with Crippen molar-refractivity contribution in [3.05, 3.63) is 55.9 Å². The van der Waals surface area contributed by atoms with Crippen molar-refractivity contribution in [1.82, 2.24) is 0 Å². The molecule has 154 valence electrons. The predicted octanol–water partition coefficient (Wildman–Crippen LogP) is 6.54. The van der Waals surface area contributed by atoms with Crippen LogP contribution >= 0.6 is 34.5 Å². The molecule has 0 spiro atoms. The van der Waals surface area contributed by atoms with Gasteiger partial charge in [0.15, 0.2) is 0 Å². The summed E-state index contributed by atoms with van der Waals surface area (Å²) in [6.07, 6.45) is 9.35. The maximum atomic E-state index is 12.6. The van der Waals surface area contributed by atoms with Gasteiger partial charge in [-0.3, -0.25) is 4.79 Å². The maximum absolute atomic E-state index is 12.6. The van der Waals surface area contributed by atoms with Crippen LogP contribution in [-0.4, -0.2) is 18.5 Å². The van der Waals surface area contributed by atoms with Gasteiger partial charge >= 0.3 is 5.97 Å². The van der Waals surface area contributed by atoms with Crippen LogP contribution in [0.1, 0.15) is 59.0 Å². The molecule has 0 atom stereocenters. The number of rotatable bonds is 5. The molecule has 1 amide bonds. The monoisotopic (exact) mass is 451 g/mol. The third kappa shape index (κ3) is 5.62. The van der Waals surface area contributed by atoms with Crippen LogP contribution in [0, 0.1) is 0 Å². The topological polar surface area (TPSA) is 55.4 Å². The Bertz CT molecular complexity index is 936. The number of hydrogen-bond acceptors (Lipinski definition) is 4. The van der Waals surface area contributed by atoms with E-state index in [0.717, 1.165) is 43.2 Å². The Kier molecular flexibility index (Phi) is 7.76. The predicted molar refractivity (Wildman–Crippen MR) is 120 cm³/mol. The molecule has 1 aliphatic carbocycles. The lowest BCUT2D eigenvalue weighted by molar-refractivity contribution is -0.111. The van der Waals surface area contributed by atoms with Crippen LogP contribution in [0.3, 0.4) is 0 Å². The summed E-state index contributed by atoms with van der Waals surface area (Å²) >= 11 is 13.4. The van der Waals surface area contributed by atoms with Crippen molar-refractivity contribution in [2.75, 3.05) is 11.9 Å². The van der Waals surface area contributed by atoms with Gasteiger partial charge in [0.2, 0.25) is 5.91 Å². The van der Waals surface area contributed by atoms with Crippen molar-refractivity contribution in [1.29, 1.82) is 0 Å². The zero-order valence-corrected chi connectivity index (χ0v) is 18.6. The van der Waals surface area contributed by atoms with Gasteiger partial charge < -0.3 is 10.1 Å². The molecule has 0 saturated carbocycles. The highest BCUT2D eigenvalue weighted by molar-refractivity contribution is 7.17. The van der Waals surface area contributed by atoms with E-state index in [0.29, 0.717) is 27.2 Å². The highest BCUT2D eigenvalue weighted by Gasteiger charge is 2.25. The summed E-state index contributed by atoms with van der Waals surface area (Å²) in [7, 11) is 0. The van der Waals surface area contributed by atoms with Crippen molar-refractivity contribution in [3.63, 3.8) is 0 Å². The third-order valence-electron chi connectivity index (χ3n) is 4.76. The molecule has 3 rings (SSSR count). The van der Waals surface area contributed by atoms with E-state index in [2.05, 4.69) is 5.32 Å². The summed E-state index contributed by atoms with van der Waals surface area (Å²) in [6, 6.07) is 5.15. The van der Waals surface area contributed by atoms with Gasteiger partial charge in [-0.05, 0) is 61.9 Å². The van der Waals surface area contributed by atoms with E-state index in [1.807, 2.05) is 0 Å². The van der Waals surface area contributed by atoms with Crippen LogP contribution in [0.2, 0.25) is 10.0 Å². The second-order valence-corrected chi connectivity index (χ2v) is 8.76. The number of aryl methyl sites for hydroxylation is 1. The van der Waals surface area contributed by atoms with Crippen LogP contribution in [0.15, 0.2) is 24.3 Å². The molecule has 0 fully saturated rings. The number of nitrogens with one attached hydrogen (secondary N) is 1. The number of esters is 1. The molecule has 0 bridgehead atoms. The molecule has 29 heavy (non-hydrogen) atoms. The van der Waals surface area contributed by atoms with Crippen molar-refractivity contribution in [2.45, 2.75) is 45.4 Å². The van der Waals surface area contributed by atoms with E-state index in [-0.39, 0.29) is 11.9 Å². The molecular formula is C22H23Cl2NO3S. The average Bonchev–Trinajstić information content (AvgIpc) is 2.99. The number of anilines is 1. The van der Waals surface area contributed by atoms with Gasteiger partial charge in [-0.2, -0.15) is 0 Å². The number of fused-ring (bicyclic) bond motifs is 1. The third-order valence-corrected chi connectivity index (χ3v) is 6.70. The SMILES string of the molecule is CCOC(=O)c1c(NC(=O)C=Cc2ccc(Cl)c(Cl)c2)sc2c1CCCCCC2. The second-order valence-electron chi connectivity index (χ2n) is 6.84. The lowest BCUT2D eigenvalue weighted by Gasteiger charge is -2.11. The number of ether oxygens (including phenoxy) is 1. The van der Waals surface area contributed by atoms with Crippen molar-refractivity contribution in [3.8, 4) is 0 Å². The lowest BCUT2D eigenvalue weighted by atomic mass is 9.96. The van der Waals surface area contributed by atoms with Gasteiger partial charge in [0, 0.05) is 11.0 Å². The minimum Gasteiger partial charge on any atom is -0.462 e. The summed E-state index contributed by atoms with van der Waals surface area (Å²) in [5, 5.41) is 4.33. The smallest absolute Gasteiger partial charge is 0.341 e. The van der Waals surface area contributed by atoms with Crippen molar-refractivity contribution in [2.24, 2.45) is 0 Å². The molecule has 1 aliphatic rings. The van der Waals surface area contributed by atoms with Gasteiger partial charge in [-0.25, -0.2) is 4.79 Å². The molecule has 7 heteroatoms. The van der Waals surface area contributed by atoms with Gasteiger partial charge in [0.05, 0.1) is 22.2 Å². The minimum atomic E-state index is -0.366. The van der Waals surface area contributed by atoms with E-state index in [9.17, 15) is 9.59 Å². The van der Waals surface area contributed by atoms with E-state index >= 15 is 0 Å². The van der Waals surface area contributed by atoms with E-state index in [1.54, 1.807) is 31.2 Å². The van der Waals surface area contributed by atoms with Crippen LogP contribution < -0.4 is 5.32 Å². The zero-order chi connectivity index (χ0) is 20.8. The molecule has 1 N–H and O–H groups in total. The first-order valence-corrected chi connectivity index (χ1v) is 11.3. The van der Waals surface area contributed by atoms with E-state index in [4.69, 9.17) is 27.9 Å². The molecule has 1 heterocycles. The Morgan fingerprint density at radius 3 is 2.62 bits per heavy atom. The summed E-state index contributed by atoms with van der Waals surface area (Å²) in [5.41, 5.74) is 2.32. The van der Waals surface area contributed by atoms with Crippen LogP contribution in [-0.2, 0) is 22.4 Å². The van der Waals surface area contributed by atoms with E-state index < -0.39 is 0 Å². The van der Waals surface area contributed by atoms with Gasteiger partial charge in [0.25, 0.3) is 0 Å². The summed E-state index contributed by atoms with van der Waals surface area (Å²) in [5.74, 6) is -0.676. The van der Waals surface area contributed by atoms with Crippen LogP contribution in [0.5, 0.6) is 0 Å². The Hall–Kier alpha value is -1.82. The fourth-order valence-electron chi connectivity index (χ4n) is 3.37. The Morgan fingerprint density at radius 2 is 1.90 bits per heavy atom. The molecule has 1 aromatic carbocycles. The van der Waals surface area contributed by atoms with Crippen molar-refractivity contribution >= 4 is 57.5 Å². The number of amides is 1. The molecule has 0 aliphatic heterocycles. The average molecular weight is 452 g/mol. The fourth-order valence-corrected chi connectivity index (χ4v) is 4.96. The number of halogens is 2. The number of carbonyl (C=O) groups excluding carboxylic acids is 2. The molecule has 1 aromatic heterocycles. The molecule has 0 radical (unpaired) electrons. The molecule has 2 aromatic rings. The maximum Gasteiger partial charge on any atom is 0.341 e. The molecule has 0 saturated heterocycles. The number of benzene rings is 1. The summed E-state index contributed by atoms with van der Waals surface area (Å²) in [6.45, 7) is 2.08. The van der Waals surface area contributed by atoms with Crippen molar-refractivity contribution < 1.29 is 14.3 Å². The molecular weight excluding hydrogens is 429 g/mol. The van der Waals surface area contributed by atoms with E-state index in [1.165, 1.54) is 28.7 Å². The normalized spacial score (nSPS) is 14.2. The Labute approximate surface area is 184 Å². The largest absolute Gasteiger partial charge is 0.462 e. The van der Waals surface area contributed by atoms with Crippen LogP contribution in [0.25, 0.3) is 6.08 Å². The first kappa shape index (κ1) is 21.9. The first-order chi connectivity index (χ1) is 14.0. The highest BCUT2D eigenvalue weighted by Crippen LogP contribution is 2.37. The summed E-state index contributed by atoms with van der Waals surface area (Å²) < 4.78 is 5.27.